The van der Waals surface area contributed by atoms with Crippen molar-refractivity contribution >= 4 is 15.9 Å². The van der Waals surface area contributed by atoms with Gasteiger partial charge in [-0.1, -0.05) is 0 Å². The van der Waals surface area contributed by atoms with Crippen LogP contribution in [0.5, 0.6) is 0 Å². The van der Waals surface area contributed by atoms with Gasteiger partial charge in [-0.05, 0) is 19.8 Å². The van der Waals surface area contributed by atoms with Crippen LogP contribution >= 0.6 is 0 Å². The molecule has 23 heavy (non-hydrogen) atoms. The third-order valence-corrected chi connectivity index (χ3v) is 6.18. The van der Waals surface area contributed by atoms with E-state index in [-0.39, 0.29) is 11.8 Å². The summed E-state index contributed by atoms with van der Waals surface area (Å²) in [6, 6.07) is 0. The van der Waals surface area contributed by atoms with Gasteiger partial charge in [0.1, 0.15) is 5.82 Å². The second-order valence-corrected chi connectivity index (χ2v) is 8.46. The van der Waals surface area contributed by atoms with Crippen LogP contribution in [-0.2, 0) is 27.8 Å². The average molecular weight is 340 g/mol. The van der Waals surface area contributed by atoms with E-state index in [1.807, 2.05) is 18.0 Å². The number of carbonyl (C=O) groups excluding carboxylic acids is 1. The Labute approximate surface area is 137 Å². The molecule has 1 saturated heterocycles. The summed E-state index contributed by atoms with van der Waals surface area (Å²) in [5, 5.41) is 0. The second kappa shape index (κ2) is 6.24. The third-order valence-electron chi connectivity index (χ3n) is 4.88. The number of rotatable bonds is 2. The van der Waals surface area contributed by atoms with Crippen molar-refractivity contribution in [3.8, 4) is 0 Å². The topological polar surface area (TPSA) is 75.5 Å². The molecular weight excluding hydrogens is 316 g/mol. The Balaban J connectivity index is 1.65. The molecule has 1 aromatic heterocycles. The van der Waals surface area contributed by atoms with Crippen LogP contribution in [0.2, 0.25) is 0 Å². The lowest BCUT2D eigenvalue weighted by atomic mass is 9.94. The van der Waals surface area contributed by atoms with Gasteiger partial charge >= 0.3 is 0 Å². The summed E-state index contributed by atoms with van der Waals surface area (Å²) < 4.78 is 27.0. The molecule has 0 radical (unpaired) electrons. The highest BCUT2D eigenvalue weighted by atomic mass is 32.2. The van der Waals surface area contributed by atoms with Gasteiger partial charge in [0.15, 0.2) is 0 Å². The Morgan fingerprint density at radius 1 is 1.22 bits per heavy atom. The normalized spacial score (nSPS) is 23.4. The summed E-state index contributed by atoms with van der Waals surface area (Å²) in [5.41, 5.74) is 1.12. The van der Waals surface area contributed by atoms with E-state index in [0.29, 0.717) is 32.6 Å². The lowest BCUT2D eigenvalue weighted by Crippen LogP contribution is -2.41. The SMILES string of the molecule is Cc1ncc2n1CCC(C(=O)N1CCCN(S(C)(=O)=O)CC1)C2. The summed E-state index contributed by atoms with van der Waals surface area (Å²) in [6.07, 6.45) is 5.35. The number of aryl methyl sites for hydroxylation is 1. The Bertz CT molecular complexity index is 698. The average Bonchev–Trinajstić information content (AvgIpc) is 2.73. The molecule has 1 amide bonds. The van der Waals surface area contributed by atoms with E-state index >= 15 is 0 Å². The molecule has 0 bridgehead atoms. The number of hydrogen-bond donors (Lipinski definition) is 0. The highest BCUT2D eigenvalue weighted by molar-refractivity contribution is 7.88. The summed E-state index contributed by atoms with van der Waals surface area (Å²) >= 11 is 0. The predicted octanol–water partition coefficient (Wildman–Crippen LogP) is 0.248. The highest BCUT2D eigenvalue weighted by Crippen LogP contribution is 2.24. The molecule has 8 heteroatoms. The second-order valence-electron chi connectivity index (χ2n) is 6.48. The molecule has 0 aliphatic carbocycles. The maximum atomic E-state index is 12.8. The van der Waals surface area contributed by atoms with Gasteiger partial charge in [-0.3, -0.25) is 4.79 Å². The number of nitrogens with zero attached hydrogens (tertiary/aromatic N) is 4. The van der Waals surface area contributed by atoms with Crippen molar-refractivity contribution in [3.63, 3.8) is 0 Å². The summed E-state index contributed by atoms with van der Waals surface area (Å²) in [5.74, 6) is 1.15. The number of amides is 1. The monoisotopic (exact) mass is 340 g/mol. The fourth-order valence-electron chi connectivity index (χ4n) is 3.54. The minimum absolute atomic E-state index is 0.0108. The minimum Gasteiger partial charge on any atom is -0.341 e. The molecule has 3 heterocycles. The molecule has 2 aliphatic rings. The van der Waals surface area contributed by atoms with E-state index in [9.17, 15) is 13.2 Å². The minimum atomic E-state index is -3.18. The maximum Gasteiger partial charge on any atom is 0.226 e. The van der Waals surface area contributed by atoms with Gasteiger partial charge in [0, 0.05) is 57.0 Å². The molecule has 3 rings (SSSR count). The van der Waals surface area contributed by atoms with Gasteiger partial charge in [-0.2, -0.15) is 0 Å². The maximum absolute atomic E-state index is 12.8. The van der Waals surface area contributed by atoms with E-state index in [1.165, 1.54) is 10.6 Å². The fourth-order valence-corrected chi connectivity index (χ4v) is 4.41. The molecule has 0 spiro atoms. The van der Waals surface area contributed by atoms with Gasteiger partial charge in [0.05, 0.1) is 6.26 Å². The number of fused-ring (bicyclic) bond motifs is 1. The Kier molecular flexibility index (Phi) is 4.46. The van der Waals surface area contributed by atoms with Crippen molar-refractivity contribution in [2.24, 2.45) is 5.92 Å². The van der Waals surface area contributed by atoms with Crippen molar-refractivity contribution in [1.82, 2.24) is 18.8 Å². The van der Waals surface area contributed by atoms with Crippen LogP contribution in [0.1, 0.15) is 24.4 Å². The predicted molar refractivity (Wildman–Crippen MR) is 86.4 cm³/mol. The standard InChI is InChI=1S/C15H24N4O3S/c1-12-16-11-14-10-13(4-7-19(12)14)15(20)17-5-3-6-18(9-8-17)23(2,21)22/h11,13H,3-10H2,1-2H3. The summed E-state index contributed by atoms with van der Waals surface area (Å²) in [4.78, 5) is 19.0. The number of carbonyl (C=O) groups is 1. The van der Waals surface area contributed by atoms with Gasteiger partial charge in [-0.15, -0.1) is 0 Å². The number of imidazole rings is 1. The van der Waals surface area contributed by atoms with Gasteiger partial charge in [0.25, 0.3) is 0 Å². The largest absolute Gasteiger partial charge is 0.341 e. The third kappa shape index (κ3) is 3.42. The molecule has 128 valence electrons. The molecule has 2 aliphatic heterocycles. The first-order valence-electron chi connectivity index (χ1n) is 8.11. The highest BCUT2D eigenvalue weighted by Gasteiger charge is 2.31. The van der Waals surface area contributed by atoms with Crippen LogP contribution in [-0.4, -0.2) is 65.5 Å². The quantitative estimate of drug-likeness (QED) is 0.773. The van der Waals surface area contributed by atoms with Crippen LogP contribution in [0.3, 0.4) is 0 Å². The molecule has 1 aromatic rings. The van der Waals surface area contributed by atoms with Crippen molar-refractivity contribution < 1.29 is 13.2 Å². The molecule has 1 fully saturated rings. The lowest BCUT2D eigenvalue weighted by Gasteiger charge is -2.29. The first-order valence-corrected chi connectivity index (χ1v) is 9.96. The Hall–Kier alpha value is -1.41. The zero-order chi connectivity index (χ0) is 16.6. The Morgan fingerprint density at radius 2 is 2.00 bits per heavy atom. The van der Waals surface area contributed by atoms with Crippen LogP contribution in [0, 0.1) is 12.8 Å². The fraction of sp³-hybridized carbons (Fsp3) is 0.733. The first kappa shape index (κ1) is 16.4. The Morgan fingerprint density at radius 3 is 2.74 bits per heavy atom. The van der Waals surface area contributed by atoms with Crippen molar-refractivity contribution in [3.05, 3.63) is 17.7 Å². The number of sulfonamides is 1. The smallest absolute Gasteiger partial charge is 0.226 e. The van der Waals surface area contributed by atoms with Crippen molar-refractivity contribution in [1.29, 1.82) is 0 Å². The van der Waals surface area contributed by atoms with Crippen LogP contribution in [0.25, 0.3) is 0 Å². The van der Waals surface area contributed by atoms with Crippen LogP contribution < -0.4 is 0 Å². The van der Waals surface area contributed by atoms with Gasteiger partial charge < -0.3 is 9.47 Å². The van der Waals surface area contributed by atoms with Crippen molar-refractivity contribution in [2.45, 2.75) is 32.7 Å². The molecule has 0 N–H and O–H groups in total. The lowest BCUT2D eigenvalue weighted by molar-refractivity contribution is -0.136. The summed E-state index contributed by atoms with van der Waals surface area (Å²) in [6.45, 7) is 4.84. The van der Waals surface area contributed by atoms with E-state index in [0.717, 1.165) is 30.9 Å². The zero-order valence-electron chi connectivity index (χ0n) is 13.7. The van der Waals surface area contributed by atoms with Gasteiger partial charge in [0.2, 0.25) is 15.9 Å². The summed E-state index contributed by atoms with van der Waals surface area (Å²) in [7, 11) is -3.18. The zero-order valence-corrected chi connectivity index (χ0v) is 14.5. The van der Waals surface area contributed by atoms with E-state index in [1.54, 1.807) is 0 Å². The molecule has 7 nitrogen and oxygen atoms in total. The molecule has 1 unspecified atom stereocenters. The van der Waals surface area contributed by atoms with E-state index < -0.39 is 10.0 Å². The van der Waals surface area contributed by atoms with E-state index in [4.69, 9.17) is 0 Å². The van der Waals surface area contributed by atoms with Crippen molar-refractivity contribution in [2.75, 3.05) is 32.4 Å². The molecule has 0 aromatic carbocycles. The number of hydrogen-bond acceptors (Lipinski definition) is 4. The van der Waals surface area contributed by atoms with E-state index in [2.05, 4.69) is 9.55 Å². The first-order chi connectivity index (χ1) is 10.9. The number of aromatic nitrogens is 2. The molecule has 0 saturated carbocycles. The molecular formula is C15H24N4O3S. The molecule has 1 atom stereocenters. The van der Waals surface area contributed by atoms with Crippen LogP contribution in [0.15, 0.2) is 6.20 Å². The van der Waals surface area contributed by atoms with Crippen LogP contribution in [0.4, 0.5) is 0 Å². The van der Waals surface area contributed by atoms with Gasteiger partial charge in [-0.25, -0.2) is 17.7 Å².